The Kier molecular flexibility index (Phi) is 9.63. The molecular weight excluding hydrogens is 439 g/mol. The molecule has 4 nitrogen and oxygen atoms in total. The lowest BCUT2D eigenvalue weighted by atomic mass is 10.0. The molecule has 2 unspecified atom stereocenters. The molecule has 1 fully saturated rings. The molecule has 1 aromatic rings. The Hall–Kier alpha value is -0.960. The standard InChI is InChI=1S/C18H27F2N3O.HI/c1-4-21-18(23-8-7-14(11-23)12-24-3)22-10-13(2)16-6-5-15(19)9-17(16)20;/h5-6,9,13-14H,4,7-8,10-12H2,1-3H3,(H,21,22);1H. The summed E-state index contributed by atoms with van der Waals surface area (Å²) in [6.45, 7) is 7.79. The third-order valence-electron chi connectivity index (χ3n) is 4.33. The van der Waals surface area contributed by atoms with E-state index in [9.17, 15) is 8.78 Å². The van der Waals surface area contributed by atoms with Crippen LogP contribution in [0.1, 0.15) is 31.7 Å². The van der Waals surface area contributed by atoms with Crippen molar-refractivity contribution in [1.29, 1.82) is 0 Å². The average molecular weight is 467 g/mol. The van der Waals surface area contributed by atoms with Crippen LogP contribution in [0.5, 0.6) is 0 Å². The number of guanidine groups is 1. The van der Waals surface area contributed by atoms with Gasteiger partial charge in [-0.05, 0) is 25.0 Å². The minimum atomic E-state index is -0.554. The number of likely N-dealkylation sites (tertiary alicyclic amines) is 1. The Balaban J connectivity index is 0.00000312. The van der Waals surface area contributed by atoms with E-state index in [1.54, 1.807) is 7.11 Å². The van der Waals surface area contributed by atoms with Crippen LogP contribution in [-0.2, 0) is 4.74 Å². The monoisotopic (exact) mass is 467 g/mol. The predicted molar refractivity (Wildman–Crippen MR) is 108 cm³/mol. The second-order valence-corrected chi connectivity index (χ2v) is 6.32. The first-order valence-corrected chi connectivity index (χ1v) is 8.52. The molecule has 2 atom stereocenters. The van der Waals surface area contributed by atoms with Gasteiger partial charge in [-0.3, -0.25) is 4.99 Å². The molecule has 25 heavy (non-hydrogen) atoms. The minimum Gasteiger partial charge on any atom is -0.384 e. The average Bonchev–Trinajstić information content (AvgIpc) is 3.00. The van der Waals surface area contributed by atoms with Crippen molar-refractivity contribution >= 4 is 29.9 Å². The Bertz CT molecular complexity index is 571. The zero-order chi connectivity index (χ0) is 17.5. The molecule has 0 aliphatic carbocycles. The summed E-state index contributed by atoms with van der Waals surface area (Å²) >= 11 is 0. The number of nitrogens with zero attached hydrogens (tertiary/aromatic N) is 2. The fraction of sp³-hybridized carbons (Fsp3) is 0.611. The summed E-state index contributed by atoms with van der Waals surface area (Å²) in [5.41, 5.74) is 0.495. The van der Waals surface area contributed by atoms with Gasteiger partial charge in [-0.1, -0.05) is 13.0 Å². The Morgan fingerprint density at radius 3 is 2.84 bits per heavy atom. The highest BCUT2D eigenvalue weighted by Gasteiger charge is 2.24. The van der Waals surface area contributed by atoms with Gasteiger partial charge >= 0.3 is 0 Å². The van der Waals surface area contributed by atoms with Gasteiger partial charge in [-0.2, -0.15) is 0 Å². The molecular formula is C18H28F2IN3O. The van der Waals surface area contributed by atoms with Crippen LogP contribution >= 0.6 is 24.0 Å². The number of rotatable bonds is 6. The number of halogens is 3. The normalized spacial score (nSPS) is 18.8. The molecule has 0 spiro atoms. The molecule has 1 N–H and O–H groups in total. The van der Waals surface area contributed by atoms with Crippen molar-refractivity contribution in [3.63, 3.8) is 0 Å². The van der Waals surface area contributed by atoms with Crippen molar-refractivity contribution in [2.75, 3.05) is 39.9 Å². The van der Waals surface area contributed by atoms with Gasteiger partial charge in [-0.25, -0.2) is 8.78 Å². The number of methoxy groups -OCH3 is 1. The highest BCUT2D eigenvalue weighted by molar-refractivity contribution is 14.0. The zero-order valence-electron chi connectivity index (χ0n) is 15.1. The number of benzene rings is 1. The molecule has 1 saturated heterocycles. The number of hydrogen-bond donors (Lipinski definition) is 1. The molecule has 1 aliphatic rings. The fourth-order valence-electron chi connectivity index (χ4n) is 3.05. The van der Waals surface area contributed by atoms with Gasteiger partial charge < -0.3 is 15.0 Å². The van der Waals surface area contributed by atoms with Gasteiger partial charge in [0.15, 0.2) is 5.96 Å². The van der Waals surface area contributed by atoms with E-state index < -0.39 is 11.6 Å². The largest absolute Gasteiger partial charge is 0.384 e. The minimum absolute atomic E-state index is 0. The number of hydrogen-bond acceptors (Lipinski definition) is 2. The summed E-state index contributed by atoms with van der Waals surface area (Å²) < 4.78 is 32.2. The lowest BCUT2D eigenvalue weighted by molar-refractivity contribution is 0.157. The van der Waals surface area contributed by atoms with Crippen LogP contribution in [0.3, 0.4) is 0 Å². The zero-order valence-corrected chi connectivity index (χ0v) is 17.4. The summed E-state index contributed by atoms with van der Waals surface area (Å²) in [6.07, 6.45) is 1.08. The van der Waals surface area contributed by atoms with Gasteiger partial charge in [0.1, 0.15) is 11.6 Å². The van der Waals surface area contributed by atoms with Crippen LogP contribution in [0, 0.1) is 17.6 Å². The van der Waals surface area contributed by atoms with E-state index in [2.05, 4.69) is 15.2 Å². The highest BCUT2D eigenvalue weighted by atomic mass is 127. The summed E-state index contributed by atoms with van der Waals surface area (Å²) in [5.74, 6) is 0.193. The summed E-state index contributed by atoms with van der Waals surface area (Å²) in [5, 5.41) is 3.30. The van der Waals surface area contributed by atoms with E-state index >= 15 is 0 Å². The van der Waals surface area contributed by atoms with E-state index in [1.165, 1.54) is 12.1 Å². The van der Waals surface area contributed by atoms with E-state index in [1.807, 2.05) is 13.8 Å². The third-order valence-corrected chi connectivity index (χ3v) is 4.33. The van der Waals surface area contributed by atoms with E-state index in [0.717, 1.165) is 44.7 Å². The molecule has 1 aromatic carbocycles. The van der Waals surface area contributed by atoms with Crippen molar-refractivity contribution in [1.82, 2.24) is 10.2 Å². The van der Waals surface area contributed by atoms with Crippen LogP contribution in [0.4, 0.5) is 8.78 Å². The molecule has 7 heteroatoms. The van der Waals surface area contributed by atoms with Gasteiger partial charge in [0.05, 0.1) is 6.61 Å². The Morgan fingerprint density at radius 1 is 1.44 bits per heavy atom. The SMILES string of the molecule is CCNC(=NCC(C)c1ccc(F)cc1F)N1CCC(COC)C1.I. The molecule has 1 heterocycles. The van der Waals surface area contributed by atoms with Gasteiger partial charge in [0.2, 0.25) is 0 Å². The molecule has 0 aromatic heterocycles. The lowest BCUT2D eigenvalue weighted by Crippen LogP contribution is -2.40. The summed E-state index contributed by atoms with van der Waals surface area (Å²) in [7, 11) is 1.72. The van der Waals surface area contributed by atoms with Crippen LogP contribution in [-0.4, -0.2) is 50.8 Å². The third kappa shape index (κ3) is 6.36. The predicted octanol–water partition coefficient (Wildman–Crippen LogP) is 3.62. The number of aliphatic imine (C=N–C) groups is 1. The highest BCUT2D eigenvalue weighted by Crippen LogP contribution is 2.21. The first kappa shape index (κ1) is 22.1. The molecule has 1 aliphatic heterocycles. The topological polar surface area (TPSA) is 36.9 Å². The van der Waals surface area contributed by atoms with Gasteiger partial charge in [-0.15, -0.1) is 24.0 Å². The first-order valence-electron chi connectivity index (χ1n) is 8.52. The summed E-state index contributed by atoms with van der Waals surface area (Å²) in [6, 6.07) is 3.72. The van der Waals surface area contributed by atoms with E-state index in [-0.39, 0.29) is 29.9 Å². The number of nitrogens with one attached hydrogen (secondary N) is 1. The van der Waals surface area contributed by atoms with E-state index in [4.69, 9.17) is 4.74 Å². The Morgan fingerprint density at radius 2 is 2.20 bits per heavy atom. The van der Waals surface area contributed by atoms with Crippen molar-refractivity contribution in [2.45, 2.75) is 26.2 Å². The molecule has 0 amide bonds. The van der Waals surface area contributed by atoms with Crippen molar-refractivity contribution in [3.05, 3.63) is 35.4 Å². The Labute approximate surface area is 166 Å². The smallest absolute Gasteiger partial charge is 0.193 e. The fourth-order valence-corrected chi connectivity index (χ4v) is 3.05. The maximum absolute atomic E-state index is 13.9. The molecule has 142 valence electrons. The molecule has 0 radical (unpaired) electrons. The molecule has 0 bridgehead atoms. The lowest BCUT2D eigenvalue weighted by Gasteiger charge is -2.22. The van der Waals surface area contributed by atoms with E-state index in [0.29, 0.717) is 18.0 Å². The second-order valence-electron chi connectivity index (χ2n) is 6.32. The van der Waals surface area contributed by atoms with Crippen LogP contribution in [0.15, 0.2) is 23.2 Å². The van der Waals surface area contributed by atoms with Gasteiger partial charge in [0, 0.05) is 51.2 Å². The molecule has 2 rings (SSSR count). The maximum Gasteiger partial charge on any atom is 0.193 e. The molecule has 0 saturated carbocycles. The van der Waals surface area contributed by atoms with Gasteiger partial charge in [0.25, 0.3) is 0 Å². The van der Waals surface area contributed by atoms with Crippen LogP contribution < -0.4 is 5.32 Å². The van der Waals surface area contributed by atoms with Crippen molar-refractivity contribution < 1.29 is 13.5 Å². The second kappa shape index (κ2) is 10.9. The summed E-state index contributed by atoms with van der Waals surface area (Å²) in [4.78, 5) is 6.88. The van der Waals surface area contributed by atoms with Crippen LogP contribution in [0.2, 0.25) is 0 Å². The van der Waals surface area contributed by atoms with Crippen molar-refractivity contribution in [3.8, 4) is 0 Å². The van der Waals surface area contributed by atoms with Crippen molar-refractivity contribution in [2.24, 2.45) is 10.9 Å². The van der Waals surface area contributed by atoms with Crippen LogP contribution in [0.25, 0.3) is 0 Å². The number of ether oxygens (including phenoxy) is 1. The first-order chi connectivity index (χ1) is 11.5. The quantitative estimate of drug-likeness (QED) is 0.395. The maximum atomic E-state index is 13.9.